The van der Waals surface area contributed by atoms with Crippen molar-refractivity contribution in [3.63, 3.8) is 0 Å². The number of rotatable bonds is 4. The third-order valence-electron chi connectivity index (χ3n) is 5.39. The van der Waals surface area contributed by atoms with E-state index in [1.54, 1.807) is 23.1 Å². The smallest absolute Gasteiger partial charge is 0.322 e. The van der Waals surface area contributed by atoms with E-state index in [0.717, 1.165) is 29.2 Å². The van der Waals surface area contributed by atoms with Gasteiger partial charge in [0.1, 0.15) is 5.82 Å². The zero-order valence-electron chi connectivity index (χ0n) is 17.4. The van der Waals surface area contributed by atoms with Gasteiger partial charge in [-0.2, -0.15) is 0 Å². The summed E-state index contributed by atoms with van der Waals surface area (Å²) in [4.78, 5) is 26.5. The van der Waals surface area contributed by atoms with Crippen LogP contribution in [0.2, 0.25) is 10.0 Å². The molecule has 0 unspecified atom stereocenters. The molecule has 4 rings (SSSR count). The predicted octanol–water partition coefficient (Wildman–Crippen LogP) is 5.50. The summed E-state index contributed by atoms with van der Waals surface area (Å²) in [6, 6.07) is 14.9. The Balaban J connectivity index is 1.63. The van der Waals surface area contributed by atoms with E-state index in [2.05, 4.69) is 17.1 Å². The van der Waals surface area contributed by atoms with Gasteiger partial charge in [-0.3, -0.25) is 0 Å². The van der Waals surface area contributed by atoms with Crippen molar-refractivity contribution in [3.8, 4) is 11.4 Å². The Morgan fingerprint density at radius 3 is 2.65 bits per heavy atom. The number of nitrogens with one attached hydrogen (secondary N) is 1. The number of carbonyl (C=O) groups is 1. The fraction of sp³-hybridized carbons (Fsp3) is 0.261. The first-order valence-corrected chi connectivity index (χ1v) is 10.9. The molecule has 1 N–H and O–H groups in total. The lowest BCUT2D eigenvalue weighted by molar-refractivity contribution is 0.206. The van der Waals surface area contributed by atoms with E-state index in [1.807, 2.05) is 37.4 Å². The lowest BCUT2D eigenvalue weighted by Crippen LogP contribution is -2.40. The first-order chi connectivity index (χ1) is 15.0. The van der Waals surface area contributed by atoms with Gasteiger partial charge in [-0.05, 0) is 19.1 Å². The Morgan fingerprint density at radius 2 is 1.90 bits per heavy atom. The summed E-state index contributed by atoms with van der Waals surface area (Å²) >= 11 is 12.3. The van der Waals surface area contributed by atoms with Crippen LogP contribution in [0.3, 0.4) is 0 Å². The number of hydrogen-bond donors (Lipinski definition) is 1. The molecule has 1 aliphatic rings. The molecule has 0 fully saturated rings. The van der Waals surface area contributed by atoms with Crippen LogP contribution in [0.5, 0.6) is 0 Å². The standard InChI is InChI=1S/C23H23Cl2N5O/c1-3-29(2)22-16-14-30(23(31)27-19-11-7-10-17(24)20(19)25)13-12-18(16)26-21(28-22)15-8-5-4-6-9-15/h4-11H,3,12-14H2,1-2H3,(H,27,31). The molecule has 0 spiro atoms. The number of halogens is 2. The van der Waals surface area contributed by atoms with Gasteiger partial charge in [0.15, 0.2) is 5.82 Å². The third-order valence-corrected chi connectivity index (χ3v) is 6.21. The van der Waals surface area contributed by atoms with Gasteiger partial charge in [-0.15, -0.1) is 0 Å². The number of aromatic nitrogens is 2. The molecule has 160 valence electrons. The van der Waals surface area contributed by atoms with Crippen molar-refractivity contribution in [2.24, 2.45) is 0 Å². The summed E-state index contributed by atoms with van der Waals surface area (Å²) in [6.45, 7) is 3.85. The van der Waals surface area contributed by atoms with E-state index >= 15 is 0 Å². The van der Waals surface area contributed by atoms with Crippen molar-refractivity contribution in [2.45, 2.75) is 19.9 Å². The first-order valence-electron chi connectivity index (χ1n) is 10.1. The normalized spacial score (nSPS) is 13.0. The first kappa shape index (κ1) is 21.4. The molecule has 0 atom stereocenters. The molecule has 8 heteroatoms. The molecule has 2 heterocycles. The molecule has 0 aliphatic carbocycles. The minimum absolute atomic E-state index is 0.230. The van der Waals surface area contributed by atoms with Crippen LogP contribution >= 0.6 is 23.2 Å². The molecule has 2 aromatic carbocycles. The number of benzene rings is 2. The number of carbonyl (C=O) groups excluding carboxylic acids is 1. The Morgan fingerprint density at radius 1 is 1.13 bits per heavy atom. The van der Waals surface area contributed by atoms with Crippen molar-refractivity contribution in [1.82, 2.24) is 14.9 Å². The molecule has 0 bridgehead atoms. The fourth-order valence-electron chi connectivity index (χ4n) is 3.55. The molecule has 2 amide bonds. The van der Waals surface area contributed by atoms with E-state index in [9.17, 15) is 4.79 Å². The van der Waals surface area contributed by atoms with Crippen molar-refractivity contribution in [1.29, 1.82) is 0 Å². The van der Waals surface area contributed by atoms with Gasteiger partial charge in [0.2, 0.25) is 0 Å². The third kappa shape index (κ3) is 4.45. The largest absolute Gasteiger partial charge is 0.360 e. The van der Waals surface area contributed by atoms with E-state index in [0.29, 0.717) is 41.1 Å². The van der Waals surface area contributed by atoms with Crippen LogP contribution in [-0.2, 0) is 13.0 Å². The van der Waals surface area contributed by atoms with Crippen molar-refractivity contribution >= 4 is 40.7 Å². The minimum atomic E-state index is -0.230. The van der Waals surface area contributed by atoms with Gasteiger partial charge in [-0.1, -0.05) is 59.6 Å². The van der Waals surface area contributed by atoms with Gasteiger partial charge in [0.05, 0.1) is 28.0 Å². The van der Waals surface area contributed by atoms with Crippen LogP contribution in [0.25, 0.3) is 11.4 Å². The fourth-order valence-corrected chi connectivity index (χ4v) is 3.89. The highest BCUT2D eigenvalue weighted by molar-refractivity contribution is 6.43. The highest BCUT2D eigenvalue weighted by atomic mass is 35.5. The quantitative estimate of drug-likeness (QED) is 0.564. The number of fused-ring (bicyclic) bond motifs is 1. The Kier molecular flexibility index (Phi) is 6.30. The zero-order valence-corrected chi connectivity index (χ0v) is 18.9. The van der Waals surface area contributed by atoms with Gasteiger partial charge < -0.3 is 15.1 Å². The van der Waals surface area contributed by atoms with Crippen LogP contribution < -0.4 is 10.2 Å². The summed E-state index contributed by atoms with van der Waals surface area (Å²) in [5, 5.41) is 3.60. The second-order valence-corrected chi connectivity index (χ2v) is 8.16. The maximum absolute atomic E-state index is 12.9. The molecule has 31 heavy (non-hydrogen) atoms. The molecular formula is C23H23Cl2N5O. The van der Waals surface area contributed by atoms with Gasteiger partial charge in [-0.25, -0.2) is 14.8 Å². The molecule has 0 radical (unpaired) electrons. The molecule has 1 aromatic heterocycles. The maximum Gasteiger partial charge on any atom is 0.322 e. The van der Waals surface area contributed by atoms with Gasteiger partial charge >= 0.3 is 6.03 Å². The van der Waals surface area contributed by atoms with Crippen molar-refractivity contribution in [2.75, 3.05) is 30.4 Å². The van der Waals surface area contributed by atoms with Crippen LogP contribution in [0, 0.1) is 0 Å². The Bertz CT molecular complexity index is 1110. The van der Waals surface area contributed by atoms with Gasteiger partial charge in [0, 0.05) is 37.7 Å². The second-order valence-electron chi connectivity index (χ2n) is 7.38. The SMILES string of the molecule is CCN(C)c1nc(-c2ccccc2)nc2c1CN(C(=O)Nc1cccc(Cl)c1Cl)CC2. The monoisotopic (exact) mass is 455 g/mol. The number of urea groups is 1. The number of hydrogen-bond acceptors (Lipinski definition) is 4. The van der Waals surface area contributed by atoms with Crippen LogP contribution in [0.1, 0.15) is 18.2 Å². The predicted molar refractivity (Wildman–Crippen MR) is 126 cm³/mol. The summed E-state index contributed by atoms with van der Waals surface area (Å²) < 4.78 is 0. The summed E-state index contributed by atoms with van der Waals surface area (Å²) in [5.41, 5.74) is 3.43. The zero-order chi connectivity index (χ0) is 22.0. The average Bonchev–Trinajstić information content (AvgIpc) is 2.81. The van der Waals surface area contributed by atoms with Crippen molar-refractivity contribution in [3.05, 3.63) is 69.8 Å². The number of amides is 2. The summed E-state index contributed by atoms with van der Waals surface area (Å²) in [5.74, 6) is 1.56. The summed E-state index contributed by atoms with van der Waals surface area (Å²) in [6.07, 6.45) is 0.652. The second kappa shape index (κ2) is 9.12. The van der Waals surface area contributed by atoms with Crippen LogP contribution in [-0.4, -0.2) is 41.0 Å². The molecule has 6 nitrogen and oxygen atoms in total. The van der Waals surface area contributed by atoms with Crippen LogP contribution in [0.15, 0.2) is 48.5 Å². The lowest BCUT2D eigenvalue weighted by Gasteiger charge is -2.31. The van der Waals surface area contributed by atoms with E-state index in [4.69, 9.17) is 33.2 Å². The maximum atomic E-state index is 12.9. The van der Waals surface area contributed by atoms with Crippen molar-refractivity contribution < 1.29 is 4.79 Å². The Hall–Kier alpha value is -2.83. The molecular weight excluding hydrogens is 433 g/mol. The Labute approximate surface area is 191 Å². The average molecular weight is 456 g/mol. The molecule has 0 saturated heterocycles. The minimum Gasteiger partial charge on any atom is -0.360 e. The van der Waals surface area contributed by atoms with Crippen LogP contribution in [0.4, 0.5) is 16.3 Å². The molecule has 1 aliphatic heterocycles. The topological polar surface area (TPSA) is 61.4 Å². The number of nitrogens with zero attached hydrogens (tertiary/aromatic N) is 4. The van der Waals surface area contributed by atoms with E-state index in [1.165, 1.54) is 0 Å². The summed E-state index contributed by atoms with van der Waals surface area (Å²) in [7, 11) is 2.00. The lowest BCUT2D eigenvalue weighted by atomic mass is 10.0. The highest BCUT2D eigenvalue weighted by Crippen LogP contribution is 2.32. The molecule has 0 saturated carbocycles. The highest BCUT2D eigenvalue weighted by Gasteiger charge is 2.27. The van der Waals surface area contributed by atoms with Gasteiger partial charge in [0.25, 0.3) is 0 Å². The van der Waals surface area contributed by atoms with E-state index < -0.39 is 0 Å². The molecule has 3 aromatic rings. The van der Waals surface area contributed by atoms with E-state index in [-0.39, 0.29) is 6.03 Å². The number of anilines is 2.